The first kappa shape index (κ1) is 20.1. The molecule has 3 rings (SSSR count). The van der Waals surface area contributed by atoms with Gasteiger partial charge in [-0.2, -0.15) is 0 Å². The summed E-state index contributed by atoms with van der Waals surface area (Å²) >= 11 is 0. The van der Waals surface area contributed by atoms with Gasteiger partial charge in [0.25, 0.3) is 5.91 Å². The summed E-state index contributed by atoms with van der Waals surface area (Å²) in [4.78, 5) is 25.1. The fourth-order valence-electron chi connectivity index (χ4n) is 3.14. The second-order valence-corrected chi connectivity index (χ2v) is 6.58. The van der Waals surface area contributed by atoms with E-state index in [4.69, 9.17) is 9.47 Å². The second-order valence-electron chi connectivity index (χ2n) is 6.58. The fraction of sp³-hybridized carbons (Fsp3) is 0.227. The predicted molar refractivity (Wildman–Crippen MR) is 111 cm³/mol. The molecule has 7 nitrogen and oxygen atoms in total. The van der Waals surface area contributed by atoms with E-state index in [0.29, 0.717) is 13.2 Å². The van der Waals surface area contributed by atoms with Gasteiger partial charge in [0, 0.05) is 25.2 Å². The van der Waals surface area contributed by atoms with Gasteiger partial charge in [-0.3, -0.25) is 14.9 Å². The van der Waals surface area contributed by atoms with Gasteiger partial charge >= 0.3 is 5.69 Å². The number of hydrogen-bond acceptors (Lipinski definition) is 5. The highest BCUT2D eigenvalue weighted by molar-refractivity contribution is 5.95. The molecule has 7 heteroatoms. The van der Waals surface area contributed by atoms with Gasteiger partial charge < -0.3 is 14.4 Å². The van der Waals surface area contributed by atoms with Gasteiger partial charge in [-0.1, -0.05) is 18.2 Å². The normalized spacial score (nSPS) is 10.6. The molecule has 0 fully saturated rings. The first-order valence-electron chi connectivity index (χ1n) is 9.16. The quantitative estimate of drug-likeness (QED) is 0.437. The summed E-state index contributed by atoms with van der Waals surface area (Å²) in [7, 11) is 3.30. The van der Waals surface area contributed by atoms with E-state index >= 15 is 0 Å². The summed E-state index contributed by atoms with van der Waals surface area (Å²) in [6, 6.07) is 16.0. The van der Waals surface area contributed by atoms with Crippen LogP contribution in [-0.4, -0.2) is 36.5 Å². The lowest BCUT2D eigenvalue weighted by atomic mass is 10.1. The summed E-state index contributed by atoms with van der Waals surface area (Å²) in [6.07, 6.45) is 0. The molecular weight excluding hydrogens is 372 g/mol. The van der Waals surface area contributed by atoms with Gasteiger partial charge in [0.15, 0.2) is 5.75 Å². The molecule has 0 aromatic heterocycles. The Morgan fingerprint density at radius 2 is 1.79 bits per heavy atom. The first-order chi connectivity index (χ1) is 13.9. The van der Waals surface area contributed by atoms with E-state index in [9.17, 15) is 14.9 Å². The van der Waals surface area contributed by atoms with E-state index in [2.05, 4.69) is 0 Å². The third-order valence-electron chi connectivity index (χ3n) is 4.58. The molecule has 0 aliphatic rings. The van der Waals surface area contributed by atoms with Crippen LogP contribution >= 0.6 is 0 Å². The molecule has 0 bridgehead atoms. The van der Waals surface area contributed by atoms with E-state index in [0.717, 1.165) is 22.1 Å². The Hall–Kier alpha value is -3.61. The zero-order valence-electron chi connectivity index (χ0n) is 16.5. The van der Waals surface area contributed by atoms with Crippen molar-refractivity contribution < 1.29 is 19.2 Å². The van der Waals surface area contributed by atoms with Gasteiger partial charge in [-0.25, -0.2) is 0 Å². The number of nitrogens with zero attached hydrogens (tertiary/aromatic N) is 2. The Balaban J connectivity index is 1.80. The number of rotatable bonds is 7. The first-order valence-corrected chi connectivity index (χ1v) is 9.16. The molecule has 0 unspecified atom stereocenters. The average molecular weight is 394 g/mol. The Morgan fingerprint density at radius 1 is 1.07 bits per heavy atom. The van der Waals surface area contributed by atoms with Crippen LogP contribution in [0.3, 0.4) is 0 Å². The molecule has 3 aromatic rings. The highest BCUT2D eigenvalue weighted by Crippen LogP contribution is 2.29. The minimum Gasteiger partial charge on any atom is -0.497 e. The highest BCUT2D eigenvalue weighted by Gasteiger charge is 2.20. The molecule has 3 aromatic carbocycles. The summed E-state index contributed by atoms with van der Waals surface area (Å²) in [5.74, 6) is 0.641. The number of amides is 1. The van der Waals surface area contributed by atoms with E-state index in [1.54, 1.807) is 27.1 Å². The van der Waals surface area contributed by atoms with Crippen LogP contribution in [0.1, 0.15) is 22.8 Å². The number of methoxy groups -OCH3 is 1. The van der Waals surface area contributed by atoms with Crippen LogP contribution in [0.15, 0.2) is 54.6 Å². The van der Waals surface area contributed by atoms with Crippen molar-refractivity contribution in [2.24, 2.45) is 0 Å². The molecule has 0 atom stereocenters. The lowest BCUT2D eigenvalue weighted by Gasteiger charge is -2.18. The van der Waals surface area contributed by atoms with Crippen molar-refractivity contribution in [2.75, 3.05) is 20.8 Å². The predicted octanol–water partition coefficient (Wildman–Crippen LogP) is 4.43. The molecule has 0 spiro atoms. The van der Waals surface area contributed by atoms with Crippen molar-refractivity contribution in [2.45, 2.75) is 13.5 Å². The van der Waals surface area contributed by atoms with Crippen LogP contribution in [0.25, 0.3) is 10.8 Å². The highest BCUT2D eigenvalue weighted by atomic mass is 16.6. The molecule has 0 aliphatic carbocycles. The number of ether oxygens (including phenoxy) is 2. The fourth-order valence-corrected chi connectivity index (χ4v) is 3.14. The van der Waals surface area contributed by atoms with Gasteiger partial charge in [0.05, 0.1) is 18.6 Å². The number of fused-ring (bicyclic) bond motifs is 1. The van der Waals surface area contributed by atoms with Gasteiger partial charge in [-0.05, 0) is 53.6 Å². The zero-order chi connectivity index (χ0) is 21.0. The van der Waals surface area contributed by atoms with E-state index in [1.165, 1.54) is 17.0 Å². The molecular formula is C22H22N2O5. The lowest BCUT2D eigenvalue weighted by molar-refractivity contribution is -0.385. The third kappa shape index (κ3) is 4.45. The van der Waals surface area contributed by atoms with Crippen LogP contribution < -0.4 is 9.47 Å². The molecule has 0 radical (unpaired) electrons. The van der Waals surface area contributed by atoms with Crippen LogP contribution in [0.5, 0.6) is 11.5 Å². The monoisotopic (exact) mass is 394 g/mol. The number of hydrogen-bond donors (Lipinski definition) is 0. The summed E-state index contributed by atoms with van der Waals surface area (Å²) in [6.45, 7) is 2.43. The number of benzene rings is 3. The summed E-state index contributed by atoms with van der Waals surface area (Å²) < 4.78 is 10.5. The van der Waals surface area contributed by atoms with Crippen molar-refractivity contribution >= 4 is 22.4 Å². The van der Waals surface area contributed by atoms with Crippen LogP contribution in [0.2, 0.25) is 0 Å². The SMILES string of the molecule is CCOc1ccc(C(=O)N(C)Cc2ccc3cc(OC)ccc3c2)cc1[N+](=O)[O-]. The van der Waals surface area contributed by atoms with E-state index < -0.39 is 4.92 Å². The standard InChI is InChI=1S/C22H22N2O5/c1-4-29-21-10-8-18(13-20(21)24(26)27)22(25)23(2)14-15-5-6-17-12-19(28-3)9-7-16(17)11-15/h5-13H,4,14H2,1-3H3. The van der Waals surface area contributed by atoms with E-state index in [-0.39, 0.29) is 22.9 Å². The maximum Gasteiger partial charge on any atom is 0.311 e. The van der Waals surface area contributed by atoms with Crippen LogP contribution in [0.4, 0.5) is 5.69 Å². The minimum atomic E-state index is -0.542. The lowest BCUT2D eigenvalue weighted by Crippen LogP contribution is -2.26. The Labute approximate surface area is 168 Å². The number of carbonyl (C=O) groups is 1. The molecule has 0 saturated carbocycles. The number of nitro benzene ring substituents is 1. The van der Waals surface area contributed by atoms with Gasteiger partial charge in [0.1, 0.15) is 5.75 Å². The molecule has 0 N–H and O–H groups in total. The van der Waals surface area contributed by atoms with E-state index in [1.807, 2.05) is 36.4 Å². The van der Waals surface area contributed by atoms with Crippen molar-refractivity contribution in [3.8, 4) is 11.5 Å². The topological polar surface area (TPSA) is 81.9 Å². The molecule has 0 saturated heterocycles. The van der Waals surface area contributed by atoms with Crippen molar-refractivity contribution in [1.29, 1.82) is 0 Å². The smallest absolute Gasteiger partial charge is 0.311 e. The molecule has 1 amide bonds. The van der Waals surface area contributed by atoms with Gasteiger partial charge in [0.2, 0.25) is 0 Å². The van der Waals surface area contributed by atoms with Crippen molar-refractivity contribution in [3.05, 3.63) is 75.8 Å². The minimum absolute atomic E-state index is 0.154. The molecule has 29 heavy (non-hydrogen) atoms. The molecule has 0 heterocycles. The van der Waals surface area contributed by atoms with Gasteiger partial charge in [-0.15, -0.1) is 0 Å². The third-order valence-corrected chi connectivity index (χ3v) is 4.58. The van der Waals surface area contributed by atoms with Crippen LogP contribution in [-0.2, 0) is 6.54 Å². The largest absolute Gasteiger partial charge is 0.497 e. The molecule has 150 valence electrons. The maximum atomic E-state index is 12.8. The summed E-state index contributed by atoms with van der Waals surface area (Å²) in [5.41, 5.74) is 0.984. The zero-order valence-corrected chi connectivity index (χ0v) is 16.5. The maximum absolute atomic E-state index is 12.8. The van der Waals surface area contributed by atoms with Crippen molar-refractivity contribution in [1.82, 2.24) is 4.90 Å². The Morgan fingerprint density at radius 3 is 2.48 bits per heavy atom. The average Bonchev–Trinajstić information content (AvgIpc) is 2.73. The summed E-state index contributed by atoms with van der Waals surface area (Å²) in [5, 5.41) is 13.4. The van der Waals surface area contributed by atoms with Crippen molar-refractivity contribution in [3.63, 3.8) is 0 Å². The number of carbonyl (C=O) groups excluding carboxylic acids is 1. The van der Waals surface area contributed by atoms with Crippen LogP contribution in [0, 0.1) is 10.1 Å². The molecule has 0 aliphatic heterocycles. The number of nitro groups is 1. The second kappa shape index (κ2) is 8.60. The Bertz CT molecular complexity index is 1060. The Kier molecular flexibility index (Phi) is 5.97.